The molecule has 1 aliphatic carbocycles. The van der Waals surface area contributed by atoms with Gasteiger partial charge in [-0.05, 0) is 31.6 Å². The summed E-state index contributed by atoms with van der Waals surface area (Å²) in [4.78, 5) is 11.9. The summed E-state index contributed by atoms with van der Waals surface area (Å²) in [6.45, 7) is 4.17. The third-order valence-corrected chi connectivity index (χ3v) is 3.30. The van der Waals surface area contributed by atoms with Gasteiger partial charge in [0.2, 0.25) is 5.91 Å². The van der Waals surface area contributed by atoms with Crippen LogP contribution in [-0.4, -0.2) is 11.9 Å². The van der Waals surface area contributed by atoms with E-state index in [1.807, 2.05) is 6.92 Å². The van der Waals surface area contributed by atoms with Crippen molar-refractivity contribution in [2.24, 2.45) is 11.8 Å². The molecule has 0 bridgehead atoms. The Labute approximate surface area is 98.2 Å². The maximum Gasteiger partial charge on any atom is 0.224 e. The van der Waals surface area contributed by atoms with Gasteiger partial charge in [0.1, 0.15) is 6.04 Å². The van der Waals surface area contributed by atoms with Gasteiger partial charge < -0.3 is 5.32 Å². The third-order valence-electron chi connectivity index (χ3n) is 3.30. The minimum atomic E-state index is -0.247. The lowest BCUT2D eigenvalue weighted by molar-refractivity contribution is -0.125. The van der Waals surface area contributed by atoms with E-state index in [-0.39, 0.29) is 17.9 Å². The van der Waals surface area contributed by atoms with Gasteiger partial charge >= 0.3 is 0 Å². The van der Waals surface area contributed by atoms with Gasteiger partial charge in [-0.1, -0.05) is 26.7 Å². The molecular weight excluding hydrogens is 200 g/mol. The lowest BCUT2D eigenvalue weighted by atomic mass is 9.98. The van der Waals surface area contributed by atoms with Crippen LogP contribution in [-0.2, 0) is 4.79 Å². The number of nitrogens with one attached hydrogen (secondary N) is 1. The highest BCUT2D eigenvalue weighted by atomic mass is 16.1. The SMILES string of the molecule is CCCCC(CC)C(=O)NC(C#N)C1CC1. The Morgan fingerprint density at radius 3 is 2.62 bits per heavy atom. The Bertz CT molecular complexity index is 266. The molecule has 0 aromatic carbocycles. The van der Waals surface area contributed by atoms with Crippen molar-refractivity contribution in [3.63, 3.8) is 0 Å². The predicted octanol–water partition coefficient (Wildman–Crippen LogP) is 2.62. The van der Waals surface area contributed by atoms with Gasteiger partial charge in [0, 0.05) is 5.92 Å². The second kappa shape index (κ2) is 6.52. The molecule has 2 atom stereocenters. The molecule has 16 heavy (non-hydrogen) atoms. The number of nitrogens with zero attached hydrogens (tertiary/aromatic N) is 1. The fourth-order valence-electron chi connectivity index (χ4n) is 1.93. The van der Waals surface area contributed by atoms with Crippen LogP contribution in [0.1, 0.15) is 52.4 Å². The van der Waals surface area contributed by atoms with Crippen LogP contribution >= 0.6 is 0 Å². The van der Waals surface area contributed by atoms with Gasteiger partial charge in [-0.3, -0.25) is 4.79 Å². The molecule has 0 radical (unpaired) electrons. The zero-order chi connectivity index (χ0) is 12.0. The second-order valence-electron chi connectivity index (χ2n) is 4.70. The summed E-state index contributed by atoms with van der Waals surface area (Å²) >= 11 is 0. The van der Waals surface area contributed by atoms with Crippen molar-refractivity contribution in [1.29, 1.82) is 5.26 Å². The van der Waals surface area contributed by atoms with Gasteiger partial charge in [0.05, 0.1) is 6.07 Å². The van der Waals surface area contributed by atoms with Crippen molar-refractivity contribution in [1.82, 2.24) is 5.32 Å². The molecule has 3 heteroatoms. The molecule has 1 aliphatic rings. The Morgan fingerprint density at radius 2 is 2.19 bits per heavy atom. The smallest absolute Gasteiger partial charge is 0.224 e. The van der Waals surface area contributed by atoms with Crippen LogP contribution in [0.4, 0.5) is 0 Å². The molecule has 90 valence electrons. The van der Waals surface area contributed by atoms with E-state index in [0.29, 0.717) is 5.92 Å². The summed E-state index contributed by atoms with van der Waals surface area (Å²) in [6.07, 6.45) is 6.20. The normalized spacial score (nSPS) is 18.6. The van der Waals surface area contributed by atoms with Gasteiger partial charge in [0.25, 0.3) is 0 Å². The first kappa shape index (κ1) is 13.0. The summed E-state index contributed by atoms with van der Waals surface area (Å²) in [6, 6.07) is 1.95. The molecule has 0 aromatic rings. The predicted molar refractivity (Wildman–Crippen MR) is 63.6 cm³/mol. The molecule has 2 unspecified atom stereocenters. The number of hydrogen-bond acceptors (Lipinski definition) is 2. The Hall–Kier alpha value is -1.04. The topological polar surface area (TPSA) is 52.9 Å². The minimum Gasteiger partial charge on any atom is -0.340 e. The number of amides is 1. The van der Waals surface area contributed by atoms with Crippen molar-refractivity contribution >= 4 is 5.91 Å². The zero-order valence-corrected chi connectivity index (χ0v) is 10.3. The van der Waals surface area contributed by atoms with E-state index in [1.165, 1.54) is 0 Å². The highest BCUT2D eigenvalue weighted by Crippen LogP contribution is 2.32. The van der Waals surface area contributed by atoms with E-state index >= 15 is 0 Å². The lowest BCUT2D eigenvalue weighted by Crippen LogP contribution is -2.39. The van der Waals surface area contributed by atoms with E-state index in [9.17, 15) is 4.79 Å². The molecule has 1 N–H and O–H groups in total. The molecule has 1 rings (SSSR count). The fourth-order valence-corrected chi connectivity index (χ4v) is 1.93. The first-order chi connectivity index (χ1) is 7.72. The van der Waals surface area contributed by atoms with E-state index in [2.05, 4.69) is 18.3 Å². The quantitative estimate of drug-likeness (QED) is 0.720. The first-order valence-corrected chi connectivity index (χ1v) is 6.42. The van der Waals surface area contributed by atoms with E-state index in [4.69, 9.17) is 5.26 Å². The number of carbonyl (C=O) groups is 1. The minimum absolute atomic E-state index is 0.0781. The molecule has 0 aliphatic heterocycles. The maximum absolute atomic E-state index is 11.9. The van der Waals surface area contributed by atoms with Gasteiger partial charge in [0.15, 0.2) is 0 Å². The van der Waals surface area contributed by atoms with Gasteiger partial charge in [-0.2, -0.15) is 5.26 Å². The monoisotopic (exact) mass is 222 g/mol. The molecule has 0 saturated heterocycles. The summed E-state index contributed by atoms with van der Waals surface area (Å²) in [5, 5.41) is 11.8. The molecule has 0 spiro atoms. The molecular formula is C13H22N2O. The maximum atomic E-state index is 11.9. The van der Waals surface area contributed by atoms with E-state index in [1.54, 1.807) is 0 Å². The van der Waals surface area contributed by atoms with Crippen molar-refractivity contribution in [3.05, 3.63) is 0 Å². The van der Waals surface area contributed by atoms with Crippen molar-refractivity contribution in [2.75, 3.05) is 0 Å². The molecule has 3 nitrogen and oxygen atoms in total. The average molecular weight is 222 g/mol. The summed E-state index contributed by atoms with van der Waals surface area (Å²) < 4.78 is 0. The summed E-state index contributed by atoms with van der Waals surface area (Å²) in [7, 11) is 0. The van der Waals surface area contributed by atoms with Crippen LogP contribution in [0.5, 0.6) is 0 Å². The average Bonchev–Trinajstić information content (AvgIpc) is 3.10. The fraction of sp³-hybridized carbons (Fsp3) is 0.846. The van der Waals surface area contributed by atoms with E-state index < -0.39 is 0 Å². The molecule has 1 fully saturated rings. The number of nitriles is 1. The lowest BCUT2D eigenvalue weighted by Gasteiger charge is -2.17. The van der Waals surface area contributed by atoms with Gasteiger partial charge in [-0.25, -0.2) is 0 Å². The van der Waals surface area contributed by atoms with Crippen molar-refractivity contribution in [2.45, 2.75) is 58.4 Å². The standard InChI is InChI=1S/C13H22N2O/c1-3-5-6-10(4-2)13(16)15-12(9-14)11-7-8-11/h10-12H,3-8H2,1-2H3,(H,15,16). The Kier molecular flexibility index (Phi) is 5.31. The number of unbranched alkanes of at least 4 members (excludes halogenated alkanes) is 1. The van der Waals surface area contributed by atoms with Crippen LogP contribution in [0.3, 0.4) is 0 Å². The first-order valence-electron chi connectivity index (χ1n) is 6.42. The number of rotatable bonds is 7. The van der Waals surface area contributed by atoms with E-state index in [0.717, 1.165) is 38.5 Å². The summed E-state index contributed by atoms with van der Waals surface area (Å²) in [5.41, 5.74) is 0. The largest absolute Gasteiger partial charge is 0.340 e. The highest BCUT2D eigenvalue weighted by molar-refractivity contribution is 5.79. The van der Waals surface area contributed by atoms with Crippen molar-refractivity contribution < 1.29 is 4.79 Å². The van der Waals surface area contributed by atoms with Crippen LogP contribution < -0.4 is 5.32 Å². The van der Waals surface area contributed by atoms with Crippen LogP contribution in [0.2, 0.25) is 0 Å². The van der Waals surface area contributed by atoms with Crippen LogP contribution in [0.15, 0.2) is 0 Å². The molecule has 1 saturated carbocycles. The zero-order valence-electron chi connectivity index (χ0n) is 10.3. The molecule has 1 amide bonds. The van der Waals surface area contributed by atoms with Crippen LogP contribution in [0.25, 0.3) is 0 Å². The Balaban J connectivity index is 2.38. The number of carbonyl (C=O) groups excluding carboxylic acids is 1. The Morgan fingerprint density at radius 1 is 1.50 bits per heavy atom. The summed E-state index contributed by atoms with van der Waals surface area (Å²) in [5.74, 6) is 0.585. The van der Waals surface area contributed by atoms with Crippen molar-refractivity contribution in [3.8, 4) is 6.07 Å². The molecule has 0 heterocycles. The number of hydrogen-bond donors (Lipinski definition) is 1. The second-order valence-corrected chi connectivity index (χ2v) is 4.70. The molecule has 0 aromatic heterocycles. The third kappa shape index (κ3) is 3.84. The van der Waals surface area contributed by atoms with Crippen LogP contribution in [0, 0.1) is 23.2 Å². The van der Waals surface area contributed by atoms with Gasteiger partial charge in [-0.15, -0.1) is 0 Å². The highest BCUT2D eigenvalue weighted by Gasteiger charge is 2.33.